The summed E-state index contributed by atoms with van der Waals surface area (Å²) < 4.78 is 18.0. The third-order valence-corrected chi connectivity index (χ3v) is 2.31. The molecule has 4 heteroatoms. The molecule has 0 aliphatic rings. The highest BCUT2D eigenvalue weighted by Gasteiger charge is 2.11. The van der Waals surface area contributed by atoms with Gasteiger partial charge < -0.3 is 4.74 Å². The minimum Gasteiger partial charge on any atom is -0.466 e. The van der Waals surface area contributed by atoms with Gasteiger partial charge in [-0.3, -0.25) is 4.79 Å². The highest BCUT2D eigenvalue weighted by molar-refractivity contribution is 6.31. The fourth-order valence-corrected chi connectivity index (χ4v) is 1.47. The third kappa shape index (κ3) is 3.20. The van der Waals surface area contributed by atoms with Gasteiger partial charge in [0.15, 0.2) is 0 Å². The van der Waals surface area contributed by atoms with Gasteiger partial charge in [-0.1, -0.05) is 17.7 Å². The van der Waals surface area contributed by atoms with Crippen LogP contribution < -0.4 is 0 Å². The SMILES string of the molecule is CCOC(=O)Cc1cc(C)cc(F)c1Cl. The predicted octanol–water partition coefficient (Wildman–Crippen LogP) is 2.89. The van der Waals surface area contributed by atoms with Gasteiger partial charge in [-0.25, -0.2) is 4.39 Å². The fourth-order valence-electron chi connectivity index (χ4n) is 1.29. The number of halogens is 2. The lowest BCUT2D eigenvalue weighted by Gasteiger charge is -2.06. The van der Waals surface area contributed by atoms with E-state index in [1.807, 2.05) is 0 Å². The number of esters is 1. The van der Waals surface area contributed by atoms with Gasteiger partial charge in [0, 0.05) is 0 Å². The Morgan fingerprint density at radius 2 is 2.20 bits per heavy atom. The molecule has 0 fully saturated rings. The van der Waals surface area contributed by atoms with Gasteiger partial charge >= 0.3 is 5.97 Å². The van der Waals surface area contributed by atoms with Gasteiger partial charge in [0.05, 0.1) is 18.1 Å². The molecular weight excluding hydrogens is 219 g/mol. The van der Waals surface area contributed by atoms with Crippen molar-refractivity contribution in [2.45, 2.75) is 20.3 Å². The Kier molecular flexibility index (Phi) is 4.09. The topological polar surface area (TPSA) is 26.3 Å². The van der Waals surface area contributed by atoms with Gasteiger partial charge in [0.2, 0.25) is 0 Å². The van der Waals surface area contributed by atoms with Crippen LogP contribution in [0.2, 0.25) is 5.02 Å². The first-order chi connectivity index (χ1) is 7.04. The Labute approximate surface area is 93.0 Å². The number of hydrogen-bond acceptors (Lipinski definition) is 2. The van der Waals surface area contributed by atoms with E-state index < -0.39 is 11.8 Å². The van der Waals surface area contributed by atoms with Crippen molar-refractivity contribution < 1.29 is 13.9 Å². The monoisotopic (exact) mass is 230 g/mol. The Morgan fingerprint density at radius 3 is 2.80 bits per heavy atom. The first-order valence-corrected chi connectivity index (χ1v) is 5.02. The van der Waals surface area contributed by atoms with E-state index in [4.69, 9.17) is 16.3 Å². The van der Waals surface area contributed by atoms with Gasteiger partial charge in [-0.05, 0) is 31.0 Å². The van der Waals surface area contributed by atoms with Crippen LogP contribution in [0.1, 0.15) is 18.1 Å². The molecule has 0 atom stereocenters. The zero-order valence-electron chi connectivity index (χ0n) is 8.64. The molecule has 0 bridgehead atoms. The van der Waals surface area contributed by atoms with Crippen LogP contribution in [0.4, 0.5) is 4.39 Å². The first kappa shape index (κ1) is 12.0. The lowest BCUT2D eigenvalue weighted by Crippen LogP contribution is -2.08. The second-order valence-corrected chi connectivity index (χ2v) is 3.58. The van der Waals surface area contributed by atoms with Crippen LogP contribution >= 0.6 is 11.6 Å². The molecule has 0 aliphatic heterocycles. The number of carbonyl (C=O) groups is 1. The van der Waals surface area contributed by atoms with Crippen molar-refractivity contribution in [1.82, 2.24) is 0 Å². The molecule has 82 valence electrons. The smallest absolute Gasteiger partial charge is 0.310 e. The third-order valence-electron chi connectivity index (χ3n) is 1.89. The molecule has 0 amide bonds. The van der Waals surface area contributed by atoms with Crippen LogP contribution in [0.25, 0.3) is 0 Å². The van der Waals surface area contributed by atoms with Gasteiger partial charge in [0.1, 0.15) is 5.82 Å². The highest BCUT2D eigenvalue weighted by atomic mass is 35.5. The maximum atomic E-state index is 13.2. The molecule has 0 aromatic heterocycles. The van der Waals surface area contributed by atoms with E-state index in [-0.39, 0.29) is 11.4 Å². The van der Waals surface area contributed by atoms with Crippen molar-refractivity contribution in [3.8, 4) is 0 Å². The van der Waals surface area contributed by atoms with E-state index in [9.17, 15) is 9.18 Å². The highest BCUT2D eigenvalue weighted by Crippen LogP contribution is 2.22. The number of ether oxygens (including phenoxy) is 1. The molecule has 1 aromatic carbocycles. The lowest BCUT2D eigenvalue weighted by molar-refractivity contribution is -0.142. The zero-order chi connectivity index (χ0) is 11.4. The lowest BCUT2D eigenvalue weighted by atomic mass is 10.1. The average molecular weight is 231 g/mol. The Bertz CT molecular complexity index is 377. The van der Waals surface area contributed by atoms with E-state index >= 15 is 0 Å². The van der Waals surface area contributed by atoms with E-state index in [1.54, 1.807) is 19.9 Å². The molecule has 0 unspecified atom stereocenters. The second-order valence-electron chi connectivity index (χ2n) is 3.20. The second kappa shape index (κ2) is 5.12. The van der Waals surface area contributed by atoms with Gasteiger partial charge in [0.25, 0.3) is 0 Å². The molecule has 0 saturated heterocycles. The Balaban J connectivity index is 2.89. The largest absolute Gasteiger partial charge is 0.466 e. The molecule has 0 N–H and O–H groups in total. The van der Waals surface area contributed by atoms with Crippen LogP contribution in [0, 0.1) is 12.7 Å². The van der Waals surface area contributed by atoms with Crippen LogP contribution in [-0.2, 0) is 16.0 Å². The van der Waals surface area contributed by atoms with Crippen molar-refractivity contribution in [1.29, 1.82) is 0 Å². The molecule has 0 saturated carbocycles. The first-order valence-electron chi connectivity index (χ1n) is 4.64. The summed E-state index contributed by atoms with van der Waals surface area (Å²) in [5.74, 6) is -0.902. The fraction of sp³-hybridized carbons (Fsp3) is 0.364. The van der Waals surface area contributed by atoms with Gasteiger partial charge in [-0.2, -0.15) is 0 Å². The molecule has 0 spiro atoms. The number of hydrogen-bond donors (Lipinski definition) is 0. The number of rotatable bonds is 3. The minimum atomic E-state index is -0.504. The van der Waals surface area contributed by atoms with E-state index in [0.29, 0.717) is 12.2 Å². The van der Waals surface area contributed by atoms with Crippen molar-refractivity contribution in [2.24, 2.45) is 0 Å². The van der Waals surface area contributed by atoms with E-state index in [0.717, 1.165) is 5.56 Å². The van der Waals surface area contributed by atoms with E-state index in [1.165, 1.54) is 6.07 Å². The molecule has 1 aromatic rings. The summed E-state index contributed by atoms with van der Waals surface area (Å²) in [6.45, 7) is 3.77. The molecule has 2 nitrogen and oxygen atoms in total. The number of benzene rings is 1. The normalized spacial score (nSPS) is 10.1. The molecule has 15 heavy (non-hydrogen) atoms. The number of carbonyl (C=O) groups excluding carboxylic acids is 1. The summed E-state index contributed by atoms with van der Waals surface area (Å²) in [5, 5.41) is -0.00588. The van der Waals surface area contributed by atoms with Crippen molar-refractivity contribution in [3.63, 3.8) is 0 Å². The quantitative estimate of drug-likeness (QED) is 0.747. The Morgan fingerprint density at radius 1 is 1.53 bits per heavy atom. The molecular formula is C11H12ClFO2. The molecule has 0 aliphatic carbocycles. The van der Waals surface area contributed by atoms with Crippen molar-refractivity contribution >= 4 is 17.6 Å². The van der Waals surface area contributed by atoms with Gasteiger partial charge in [-0.15, -0.1) is 0 Å². The summed E-state index contributed by atoms with van der Waals surface area (Å²) in [5.41, 5.74) is 1.20. The summed E-state index contributed by atoms with van der Waals surface area (Å²) in [6, 6.07) is 3.01. The van der Waals surface area contributed by atoms with Crippen LogP contribution in [0.3, 0.4) is 0 Å². The molecule has 0 radical (unpaired) electrons. The predicted molar refractivity (Wildman–Crippen MR) is 56.5 cm³/mol. The van der Waals surface area contributed by atoms with E-state index in [2.05, 4.69) is 0 Å². The summed E-state index contributed by atoms with van der Waals surface area (Å²) in [6.07, 6.45) is 0.00523. The zero-order valence-corrected chi connectivity index (χ0v) is 9.40. The van der Waals surface area contributed by atoms with Crippen LogP contribution in [-0.4, -0.2) is 12.6 Å². The maximum absolute atomic E-state index is 13.2. The number of aryl methyl sites for hydroxylation is 1. The standard InChI is InChI=1S/C11H12ClFO2/c1-3-15-10(14)6-8-4-7(2)5-9(13)11(8)12/h4-5H,3,6H2,1-2H3. The summed E-state index contributed by atoms with van der Waals surface area (Å²) in [7, 11) is 0. The summed E-state index contributed by atoms with van der Waals surface area (Å²) in [4.78, 5) is 11.2. The maximum Gasteiger partial charge on any atom is 0.310 e. The minimum absolute atomic E-state index is 0.00523. The molecule has 0 heterocycles. The average Bonchev–Trinajstić information content (AvgIpc) is 2.13. The van der Waals surface area contributed by atoms with Crippen LogP contribution in [0.5, 0.6) is 0 Å². The molecule has 1 rings (SSSR count). The van der Waals surface area contributed by atoms with Crippen molar-refractivity contribution in [2.75, 3.05) is 6.61 Å². The summed E-state index contributed by atoms with van der Waals surface area (Å²) >= 11 is 5.73. The van der Waals surface area contributed by atoms with Crippen LogP contribution in [0.15, 0.2) is 12.1 Å². The van der Waals surface area contributed by atoms with Crippen molar-refractivity contribution in [3.05, 3.63) is 34.1 Å². The Hall–Kier alpha value is -1.09.